The second-order valence-electron chi connectivity index (χ2n) is 10.6. The van der Waals surface area contributed by atoms with E-state index in [0.29, 0.717) is 32.4 Å². The summed E-state index contributed by atoms with van der Waals surface area (Å²) in [5, 5.41) is 0. The van der Waals surface area contributed by atoms with Crippen LogP contribution in [0.1, 0.15) is 44.1 Å². The van der Waals surface area contributed by atoms with Gasteiger partial charge in [-0.1, -0.05) is 23.5 Å². The molecule has 0 spiro atoms. The van der Waals surface area contributed by atoms with Crippen molar-refractivity contribution >= 4 is 35.0 Å². The van der Waals surface area contributed by atoms with E-state index in [1.165, 1.54) is 11.3 Å². The van der Waals surface area contributed by atoms with Crippen LogP contribution >= 0.6 is 11.3 Å². The van der Waals surface area contributed by atoms with Crippen LogP contribution < -0.4 is 24.7 Å². The molecule has 5 rings (SSSR count). The summed E-state index contributed by atoms with van der Waals surface area (Å²) in [5.74, 6) is 0.965. The average molecular weight is 564 g/mol. The minimum atomic E-state index is -0.640. The molecule has 2 aliphatic rings. The number of nitrogens with zero attached hydrogens (tertiary/aromatic N) is 5. The average Bonchev–Trinajstić information content (AvgIpc) is 3.52. The van der Waals surface area contributed by atoms with Gasteiger partial charge in [0, 0.05) is 51.1 Å². The zero-order chi connectivity index (χ0) is 28.6. The number of fused-ring (bicyclic) bond motifs is 1. The first kappa shape index (κ1) is 27.9. The predicted octanol–water partition coefficient (Wildman–Crippen LogP) is 2.99. The Morgan fingerprint density at radius 1 is 1.12 bits per heavy atom. The smallest absolute Gasteiger partial charge is 0.338 e. The number of furan rings is 1. The third-order valence-corrected chi connectivity index (χ3v) is 8.62. The summed E-state index contributed by atoms with van der Waals surface area (Å²) < 4.78 is 13.7. The van der Waals surface area contributed by atoms with Crippen molar-refractivity contribution < 1.29 is 13.9 Å². The van der Waals surface area contributed by atoms with Gasteiger partial charge in [0.2, 0.25) is 0 Å². The predicted molar refractivity (Wildman–Crippen MR) is 159 cm³/mol. The fraction of sp³-hybridized carbons (Fsp3) is 0.433. The monoisotopic (exact) mass is 563 g/mol. The minimum absolute atomic E-state index is 0.218. The highest BCUT2D eigenvalue weighted by Crippen LogP contribution is 2.32. The number of ether oxygens (including phenoxy) is 1. The Labute approximate surface area is 238 Å². The van der Waals surface area contributed by atoms with E-state index in [2.05, 4.69) is 28.9 Å². The Morgan fingerprint density at radius 3 is 2.45 bits per heavy atom. The molecule has 0 saturated carbocycles. The fourth-order valence-corrected chi connectivity index (χ4v) is 6.41. The number of carbonyl (C=O) groups excluding carboxylic acids is 1. The highest BCUT2D eigenvalue weighted by Gasteiger charge is 2.33. The maximum Gasteiger partial charge on any atom is 0.338 e. The number of allylic oxidation sites excluding steroid dienone is 1. The molecule has 2 aromatic heterocycles. The summed E-state index contributed by atoms with van der Waals surface area (Å²) in [6.07, 6.45) is 3.94. The van der Waals surface area contributed by atoms with Gasteiger partial charge < -0.3 is 23.9 Å². The highest BCUT2D eigenvalue weighted by atomic mass is 32.1. The molecule has 0 amide bonds. The van der Waals surface area contributed by atoms with Crippen molar-refractivity contribution in [3.05, 3.63) is 78.7 Å². The van der Waals surface area contributed by atoms with E-state index < -0.39 is 12.0 Å². The van der Waals surface area contributed by atoms with Gasteiger partial charge >= 0.3 is 5.97 Å². The van der Waals surface area contributed by atoms with Crippen molar-refractivity contribution in [3.63, 3.8) is 0 Å². The summed E-state index contributed by atoms with van der Waals surface area (Å²) >= 11 is 1.30. The summed E-state index contributed by atoms with van der Waals surface area (Å²) in [6, 6.07) is 11.7. The number of hydrogen-bond acceptors (Lipinski definition) is 9. The summed E-state index contributed by atoms with van der Waals surface area (Å²) in [7, 11) is 8.19. The maximum absolute atomic E-state index is 13.9. The van der Waals surface area contributed by atoms with Gasteiger partial charge in [0.05, 0.1) is 28.5 Å². The van der Waals surface area contributed by atoms with Gasteiger partial charge in [0.1, 0.15) is 5.76 Å². The molecule has 212 valence electrons. The summed E-state index contributed by atoms with van der Waals surface area (Å²) in [5.41, 5.74) is 2.55. The van der Waals surface area contributed by atoms with Gasteiger partial charge in [0.25, 0.3) is 5.56 Å². The van der Waals surface area contributed by atoms with E-state index in [4.69, 9.17) is 9.15 Å². The second-order valence-corrected chi connectivity index (χ2v) is 11.7. The quantitative estimate of drug-likeness (QED) is 0.409. The lowest BCUT2D eigenvalue weighted by atomic mass is 9.95. The van der Waals surface area contributed by atoms with Crippen LogP contribution in [0.5, 0.6) is 0 Å². The Bertz CT molecular complexity index is 1590. The van der Waals surface area contributed by atoms with Crippen LogP contribution in [-0.2, 0) is 9.53 Å². The number of thiazole rings is 1. The van der Waals surface area contributed by atoms with Crippen molar-refractivity contribution in [1.29, 1.82) is 0 Å². The molecule has 0 aliphatic carbocycles. The minimum Gasteiger partial charge on any atom is -0.463 e. The van der Waals surface area contributed by atoms with Crippen LogP contribution in [0.15, 0.2) is 61.9 Å². The van der Waals surface area contributed by atoms with Gasteiger partial charge in [-0.15, -0.1) is 0 Å². The molecule has 4 heterocycles. The molecule has 2 aliphatic heterocycles. The largest absolute Gasteiger partial charge is 0.463 e. The van der Waals surface area contributed by atoms with E-state index >= 15 is 0 Å². The van der Waals surface area contributed by atoms with E-state index in [1.807, 2.05) is 55.4 Å². The second kappa shape index (κ2) is 11.5. The van der Waals surface area contributed by atoms with Gasteiger partial charge in [-0.05, 0) is 64.5 Å². The molecule has 1 aromatic carbocycles. The molecule has 0 unspecified atom stereocenters. The van der Waals surface area contributed by atoms with Gasteiger partial charge in [-0.2, -0.15) is 0 Å². The molecule has 1 atom stereocenters. The van der Waals surface area contributed by atoms with Crippen LogP contribution in [0.3, 0.4) is 0 Å². The van der Waals surface area contributed by atoms with E-state index in [1.54, 1.807) is 24.5 Å². The van der Waals surface area contributed by atoms with Crippen LogP contribution in [-0.4, -0.2) is 69.4 Å². The highest BCUT2D eigenvalue weighted by molar-refractivity contribution is 7.07. The third kappa shape index (κ3) is 5.38. The van der Waals surface area contributed by atoms with Crippen molar-refractivity contribution in [2.75, 3.05) is 57.7 Å². The molecular formula is C30H37N5O4S. The number of hydrogen-bond donors (Lipinski definition) is 0. The Balaban J connectivity index is 1.52. The molecular weight excluding hydrogens is 526 g/mol. The number of aromatic nitrogens is 1. The van der Waals surface area contributed by atoms with Crippen molar-refractivity contribution in [2.24, 2.45) is 4.99 Å². The van der Waals surface area contributed by atoms with Crippen LogP contribution in [0.2, 0.25) is 0 Å². The summed E-state index contributed by atoms with van der Waals surface area (Å²) in [6.45, 7) is 5.66. The lowest BCUT2D eigenvalue weighted by Crippen LogP contribution is -2.41. The maximum atomic E-state index is 13.9. The molecule has 0 radical (unpaired) electrons. The molecule has 40 heavy (non-hydrogen) atoms. The van der Waals surface area contributed by atoms with E-state index in [9.17, 15) is 9.59 Å². The van der Waals surface area contributed by atoms with Crippen molar-refractivity contribution in [3.8, 4) is 0 Å². The van der Waals surface area contributed by atoms with Crippen LogP contribution in [0, 0.1) is 0 Å². The first-order chi connectivity index (χ1) is 19.2. The zero-order valence-corrected chi connectivity index (χ0v) is 24.8. The number of piperidine rings is 1. The van der Waals surface area contributed by atoms with Gasteiger partial charge in [-0.3, -0.25) is 9.36 Å². The summed E-state index contributed by atoms with van der Waals surface area (Å²) in [4.78, 5) is 38.7. The van der Waals surface area contributed by atoms with Gasteiger partial charge in [0.15, 0.2) is 10.7 Å². The topological polar surface area (TPSA) is 83.5 Å². The molecule has 0 N–H and O–H groups in total. The number of benzene rings is 1. The fourth-order valence-electron chi connectivity index (χ4n) is 5.38. The SMILES string of the molecule is CCOC(=O)C1=C(C)N=c2s/c(=C\c3ccc(N4CCC(N(C)C)CC4)o3)c(=O)n2[C@@H]1c1ccc(N(C)C)cc1. The van der Waals surface area contributed by atoms with Gasteiger partial charge in [-0.25, -0.2) is 9.79 Å². The molecule has 10 heteroatoms. The van der Waals surface area contributed by atoms with Crippen LogP contribution in [0.4, 0.5) is 11.6 Å². The molecule has 1 saturated heterocycles. The zero-order valence-electron chi connectivity index (χ0n) is 24.0. The van der Waals surface area contributed by atoms with Crippen LogP contribution in [0.25, 0.3) is 6.08 Å². The normalized spacial score (nSPS) is 18.2. The lowest BCUT2D eigenvalue weighted by Gasteiger charge is -2.35. The van der Waals surface area contributed by atoms with Crippen molar-refractivity contribution in [1.82, 2.24) is 9.47 Å². The van der Waals surface area contributed by atoms with E-state index in [0.717, 1.165) is 43.1 Å². The third-order valence-electron chi connectivity index (χ3n) is 7.63. The Kier molecular flexibility index (Phi) is 8.00. The lowest BCUT2D eigenvalue weighted by molar-refractivity contribution is -0.139. The molecule has 1 fully saturated rings. The Hall–Kier alpha value is -3.63. The van der Waals surface area contributed by atoms with E-state index in [-0.39, 0.29) is 12.2 Å². The number of esters is 1. The molecule has 3 aromatic rings. The Morgan fingerprint density at radius 2 is 1.82 bits per heavy atom. The first-order valence-corrected chi connectivity index (χ1v) is 14.5. The standard InChI is InChI=1S/C30H37N5O4S/c1-7-38-29(37)26-19(2)31-30-35(27(26)20-8-10-21(11-9-20)32(3)4)28(36)24(40-30)18-23-12-13-25(39-23)34-16-14-22(15-17-34)33(5)6/h8-13,18,22,27H,7,14-17H2,1-6H3/b24-18-/t27-/m1/s1. The number of rotatable bonds is 7. The molecule has 0 bridgehead atoms. The number of anilines is 2. The number of carbonyl (C=O) groups is 1. The van der Waals surface area contributed by atoms with Crippen molar-refractivity contribution in [2.45, 2.75) is 38.8 Å². The first-order valence-electron chi connectivity index (χ1n) is 13.7. The molecule has 9 nitrogen and oxygen atoms in total.